The van der Waals surface area contributed by atoms with E-state index in [2.05, 4.69) is 10.5 Å². The molecular formula is C18H16N2O3. The van der Waals surface area contributed by atoms with Gasteiger partial charge < -0.3 is 14.9 Å². The lowest BCUT2D eigenvalue weighted by atomic mass is 10.0. The van der Waals surface area contributed by atoms with Crippen LogP contribution in [0.4, 0.5) is 0 Å². The molecule has 5 heteroatoms. The number of amides is 1. The summed E-state index contributed by atoms with van der Waals surface area (Å²) in [6.07, 6.45) is 1.60. The molecule has 0 bridgehead atoms. The number of rotatable bonds is 5. The zero-order valence-electron chi connectivity index (χ0n) is 12.4. The summed E-state index contributed by atoms with van der Waals surface area (Å²) in [5, 5.41) is 15.4. The molecule has 23 heavy (non-hydrogen) atoms. The van der Waals surface area contributed by atoms with Crippen LogP contribution in [0.15, 0.2) is 65.4 Å². The van der Waals surface area contributed by atoms with Gasteiger partial charge in [-0.3, -0.25) is 4.79 Å². The number of aliphatic hydroxyl groups excluding tert-OH is 1. The van der Waals surface area contributed by atoms with Crippen molar-refractivity contribution < 1.29 is 14.4 Å². The maximum atomic E-state index is 11.8. The van der Waals surface area contributed by atoms with Crippen molar-refractivity contribution in [3.05, 3.63) is 66.4 Å². The summed E-state index contributed by atoms with van der Waals surface area (Å²) in [5.74, 6) is -0.209. The van der Waals surface area contributed by atoms with E-state index in [1.165, 1.54) is 0 Å². The highest BCUT2D eigenvalue weighted by Gasteiger charge is 2.13. The van der Waals surface area contributed by atoms with E-state index in [9.17, 15) is 4.79 Å². The number of nitrogens with one attached hydrogen (secondary N) is 1. The van der Waals surface area contributed by atoms with Crippen LogP contribution >= 0.6 is 0 Å². The van der Waals surface area contributed by atoms with Gasteiger partial charge in [0, 0.05) is 23.2 Å². The average molecular weight is 308 g/mol. The van der Waals surface area contributed by atoms with Crippen molar-refractivity contribution in [3.8, 4) is 22.4 Å². The quantitative estimate of drug-likeness (QED) is 0.760. The third-order valence-electron chi connectivity index (χ3n) is 3.47. The molecule has 1 aromatic heterocycles. The van der Waals surface area contributed by atoms with Crippen LogP contribution in [0.2, 0.25) is 0 Å². The zero-order chi connectivity index (χ0) is 16.1. The molecule has 1 heterocycles. The van der Waals surface area contributed by atoms with Gasteiger partial charge in [-0.25, -0.2) is 0 Å². The molecule has 1 amide bonds. The predicted molar refractivity (Wildman–Crippen MR) is 86.8 cm³/mol. The van der Waals surface area contributed by atoms with E-state index in [0.717, 1.165) is 22.4 Å². The summed E-state index contributed by atoms with van der Waals surface area (Å²) in [4.78, 5) is 11.8. The lowest BCUT2D eigenvalue weighted by molar-refractivity contribution is 0.0945. The molecule has 0 unspecified atom stereocenters. The minimum atomic E-state index is -0.209. The van der Waals surface area contributed by atoms with E-state index in [1.807, 2.05) is 42.5 Å². The van der Waals surface area contributed by atoms with Crippen LogP contribution in [-0.4, -0.2) is 29.3 Å². The SMILES string of the molecule is O=C(NCCO)c1ccc(-c2conc2-c2ccccc2)cc1. The van der Waals surface area contributed by atoms with Crippen LogP contribution in [-0.2, 0) is 0 Å². The number of aliphatic hydroxyl groups is 1. The highest BCUT2D eigenvalue weighted by atomic mass is 16.5. The van der Waals surface area contributed by atoms with Gasteiger partial charge in [0.1, 0.15) is 12.0 Å². The molecule has 3 rings (SSSR count). The first-order valence-electron chi connectivity index (χ1n) is 7.29. The van der Waals surface area contributed by atoms with Gasteiger partial charge in [-0.2, -0.15) is 0 Å². The molecule has 3 aromatic rings. The Morgan fingerprint density at radius 2 is 1.78 bits per heavy atom. The minimum Gasteiger partial charge on any atom is -0.395 e. The maximum absolute atomic E-state index is 11.8. The highest BCUT2D eigenvalue weighted by molar-refractivity contribution is 5.95. The average Bonchev–Trinajstić information content (AvgIpc) is 3.10. The zero-order valence-corrected chi connectivity index (χ0v) is 12.4. The largest absolute Gasteiger partial charge is 0.395 e. The fourth-order valence-electron chi connectivity index (χ4n) is 2.32. The van der Waals surface area contributed by atoms with Crippen LogP contribution in [0.1, 0.15) is 10.4 Å². The van der Waals surface area contributed by atoms with E-state index in [1.54, 1.807) is 18.4 Å². The maximum Gasteiger partial charge on any atom is 0.251 e. The molecule has 2 aromatic carbocycles. The fourth-order valence-corrected chi connectivity index (χ4v) is 2.32. The summed E-state index contributed by atoms with van der Waals surface area (Å²) < 4.78 is 5.13. The summed E-state index contributed by atoms with van der Waals surface area (Å²) in [6, 6.07) is 17.0. The Balaban J connectivity index is 1.86. The van der Waals surface area contributed by atoms with Gasteiger partial charge in [0.2, 0.25) is 0 Å². The number of hydrogen-bond acceptors (Lipinski definition) is 4. The monoisotopic (exact) mass is 308 g/mol. The lowest BCUT2D eigenvalue weighted by Crippen LogP contribution is -2.26. The van der Waals surface area contributed by atoms with Gasteiger partial charge in [-0.1, -0.05) is 47.6 Å². The first-order valence-corrected chi connectivity index (χ1v) is 7.29. The van der Waals surface area contributed by atoms with Crippen molar-refractivity contribution in [1.82, 2.24) is 10.5 Å². The molecule has 5 nitrogen and oxygen atoms in total. The number of hydrogen-bond donors (Lipinski definition) is 2. The second kappa shape index (κ2) is 6.89. The molecule has 0 atom stereocenters. The number of aromatic nitrogens is 1. The second-order valence-electron chi connectivity index (χ2n) is 5.00. The minimum absolute atomic E-state index is 0.0784. The summed E-state index contributed by atoms with van der Waals surface area (Å²) in [6.45, 7) is 0.162. The summed E-state index contributed by atoms with van der Waals surface area (Å²) in [5.41, 5.74) is 4.08. The fraction of sp³-hybridized carbons (Fsp3) is 0.111. The van der Waals surface area contributed by atoms with E-state index >= 15 is 0 Å². The van der Waals surface area contributed by atoms with Crippen LogP contribution in [0.5, 0.6) is 0 Å². The smallest absolute Gasteiger partial charge is 0.251 e. The van der Waals surface area contributed by atoms with Crippen molar-refractivity contribution in [3.63, 3.8) is 0 Å². The van der Waals surface area contributed by atoms with Gasteiger partial charge >= 0.3 is 0 Å². The molecule has 0 fully saturated rings. The van der Waals surface area contributed by atoms with Crippen molar-refractivity contribution in [2.24, 2.45) is 0 Å². The van der Waals surface area contributed by atoms with Gasteiger partial charge in [-0.05, 0) is 17.7 Å². The Kier molecular flexibility index (Phi) is 4.49. The third kappa shape index (κ3) is 3.30. The van der Waals surface area contributed by atoms with Crippen molar-refractivity contribution >= 4 is 5.91 Å². The molecule has 0 spiro atoms. The summed E-state index contributed by atoms with van der Waals surface area (Å²) in [7, 11) is 0. The van der Waals surface area contributed by atoms with Crippen molar-refractivity contribution in [2.75, 3.05) is 13.2 Å². The molecule has 0 aliphatic heterocycles. The number of nitrogens with zero attached hydrogens (tertiary/aromatic N) is 1. The van der Waals surface area contributed by atoms with Crippen molar-refractivity contribution in [1.29, 1.82) is 0 Å². The van der Waals surface area contributed by atoms with E-state index in [4.69, 9.17) is 9.63 Å². The second-order valence-corrected chi connectivity index (χ2v) is 5.00. The standard InChI is InChI=1S/C18H16N2O3/c21-11-10-19-18(22)15-8-6-13(7-9-15)16-12-23-20-17(16)14-4-2-1-3-5-14/h1-9,12,21H,10-11H2,(H,19,22). The number of benzene rings is 2. The van der Waals surface area contributed by atoms with E-state index in [-0.39, 0.29) is 19.1 Å². The highest BCUT2D eigenvalue weighted by Crippen LogP contribution is 2.30. The third-order valence-corrected chi connectivity index (χ3v) is 3.47. The molecule has 0 saturated heterocycles. The van der Waals surface area contributed by atoms with Crippen LogP contribution in [0, 0.1) is 0 Å². The Morgan fingerprint density at radius 1 is 1.04 bits per heavy atom. The van der Waals surface area contributed by atoms with Crippen LogP contribution in [0.3, 0.4) is 0 Å². The topological polar surface area (TPSA) is 75.4 Å². The number of carbonyl (C=O) groups is 1. The summed E-state index contributed by atoms with van der Waals surface area (Å²) >= 11 is 0. The molecular weight excluding hydrogens is 292 g/mol. The Hall–Kier alpha value is -2.92. The van der Waals surface area contributed by atoms with Crippen molar-refractivity contribution in [2.45, 2.75) is 0 Å². The van der Waals surface area contributed by atoms with Crippen LogP contribution < -0.4 is 5.32 Å². The first-order chi connectivity index (χ1) is 11.3. The van der Waals surface area contributed by atoms with Gasteiger partial charge in [-0.15, -0.1) is 0 Å². The molecule has 0 aliphatic carbocycles. The molecule has 0 radical (unpaired) electrons. The number of carbonyl (C=O) groups excluding carboxylic acids is 1. The molecule has 0 saturated carbocycles. The lowest BCUT2D eigenvalue weighted by Gasteiger charge is -2.05. The van der Waals surface area contributed by atoms with E-state index < -0.39 is 0 Å². The Labute approximate surface area is 133 Å². The van der Waals surface area contributed by atoms with E-state index in [0.29, 0.717) is 5.56 Å². The van der Waals surface area contributed by atoms with Gasteiger partial charge in [0.15, 0.2) is 0 Å². The molecule has 0 aliphatic rings. The first kappa shape index (κ1) is 15.0. The molecule has 2 N–H and O–H groups in total. The normalized spacial score (nSPS) is 10.5. The Morgan fingerprint density at radius 3 is 2.48 bits per heavy atom. The Bertz CT molecular complexity index is 780. The predicted octanol–water partition coefficient (Wildman–Crippen LogP) is 2.73. The van der Waals surface area contributed by atoms with Gasteiger partial charge in [0.05, 0.1) is 6.61 Å². The van der Waals surface area contributed by atoms with Gasteiger partial charge in [0.25, 0.3) is 5.91 Å². The van der Waals surface area contributed by atoms with Crippen LogP contribution in [0.25, 0.3) is 22.4 Å². The molecule has 116 valence electrons.